The third kappa shape index (κ3) is 6.82. The van der Waals surface area contributed by atoms with Gasteiger partial charge in [0.1, 0.15) is 0 Å². The Morgan fingerprint density at radius 3 is 2.65 bits per heavy atom. The molecule has 2 nitrogen and oxygen atoms in total. The van der Waals surface area contributed by atoms with E-state index in [1.807, 2.05) is 11.8 Å². The summed E-state index contributed by atoms with van der Waals surface area (Å²) in [7, 11) is 1.78. The fourth-order valence-corrected chi connectivity index (χ4v) is 4.07. The van der Waals surface area contributed by atoms with Crippen molar-refractivity contribution in [3.05, 3.63) is 0 Å². The molecule has 1 saturated carbocycles. The molecule has 0 aliphatic heterocycles. The Morgan fingerprint density at radius 1 is 1.30 bits per heavy atom. The van der Waals surface area contributed by atoms with E-state index in [1.165, 1.54) is 63.7 Å². The molecule has 0 spiro atoms. The van der Waals surface area contributed by atoms with Crippen LogP contribution in [0.3, 0.4) is 0 Å². The van der Waals surface area contributed by atoms with Gasteiger partial charge in [-0.3, -0.25) is 0 Å². The summed E-state index contributed by atoms with van der Waals surface area (Å²) in [4.78, 5) is 0. The van der Waals surface area contributed by atoms with Crippen LogP contribution in [0, 0.1) is 11.3 Å². The molecule has 0 heterocycles. The van der Waals surface area contributed by atoms with Crippen LogP contribution in [0.1, 0.15) is 58.3 Å². The average Bonchev–Trinajstić information content (AvgIpc) is 2.49. The van der Waals surface area contributed by atoms with Gasteiger partial charge in [0.25, 0.3) is 0 Å². The molecular formula is C17H35NOS. The van der Waals surface area contributed by atoms with Gasteiger partial charge in [-0.25, -0.2) is 0 Å². The molecule has 0 saturated heterocycles. The average molecular weight is 302 g/mol. The summed E-state index contributed by atoms with van der Waals surface area (Å²) in [5.74, 6) is 2.32. The largest absolute Gasteiger partial charge is 0.383 e. The highest BCUT2D eigenvalue weighted by Crippen LogP contribution is 2.43. The molecular weight excluding hydrogens is 266 g/mol. The second kappa shape index (κ2) is 10.9. The molecule has 120 valence electrons. The Labute approximate surface area is 130 Å². The quantitative estimate of drug-likeness (QED) is 0.574. The minimum Gasteiger partial charge on any atom is -0.383 e. The van der Waals surface area contributed by atoms with Gasteiger partial charge in [0.05, 0.1) is 6.61 Å². The van der Waals surface area contributed by atoms with Crippen molar-refractivity contribution in [2.24, 2.45) is 11.3 Å². The molecule has 0 amide bonds. The smallest absolute Gasteiger partial charge is 0.0587 e. The summed E-state index contributed by atoms with van der Waals surface area (Å²) >= 11 is 2.00. The van der Waals surface area contributed by atoms with E-state index in [0.29, 0.717) is 5.41 Å². The highest BCUT2D eigenvalue weighted by Gasteiger charge is 2.34. The second-order valence-electron chi connectivity index (χ2n) is 6.50. The van der Waals surface area contributed by atoms with E-state index in [0.717, 1.165) is 19.1 Å². The summed E-state index contributed by atoms with van der Waals surface area (Å²) in [6, 6.07) is 0. The first-order valence-corrected chi connectivity index (χ1v) is 9.84. The molecule has 3 heteroatoms. The number of thioether (sulfide) groups is 1. The van der Waals surface area contributed by atoms with Gasteiger partial charge in [-0.15, -0.1) is 0 Å². The zero-order valence-electron chi connectivity index (χ0n) is 13.9. The maximum Gasteiger partial charge on any atom is 0.0587 e. The van der Waals surface area contributed by atoms with Crippen LogP contribution in [0.15, 0.2) is 0 Å². The molecule has 1 aliphatic rings. The Hall–Kier alpha value is 0.270. The molecule has 0 bridgehead atoms. The summed E-state index contributed by atoms with van der Waals surface area (Å²) in [5.41, 5.74) is 0.569. The molecule has 0 radical (unpaired) electrons. The van der Waals surface area contributed by atoms with Crippen LogP contribution >= 0.6 is 11.8 Å². The van der Waals surface area contributed by atoms with Crippen LogP contribution in [0.4, 0.5) is 0 Å². The van der Waals surface area contributed by atoms with Crippen LogP contribution in [0.2, 0.25) is 0 Å². The molecule has 1 aliphatic carbocycles. The summed E-state index contributed by atoms with van der Waals surface area (Å²) in [6.07, 6.45) is 13.6. The lowest BCUT2D eigenvalue weighted by atomic mass is 9.68. The normalized spacial score (nSPS) is 26.9. The first kappa shape index (κ1) is 18.3. The fraction of sp³-hybridized carbons (Fsp3) is 1.00. The lowest BCUT2D eigenvalue weighted by Gasteiger charge is -2.41. The molecule has 0 unspecified atom stereocenters. The van der Waals surface area contributed by atoms with Crippen molar-refractivity contribution < 1.29 is 4.74 Å². The van der Waals surface area contributed by atoms with Crippen molar-refractivity contribution in [2.45, 2.75) is 58.3 Å². The maximum absolute atomic E-state index is 5.14. The topological polar surface area (TPSA) is 21.3 Å². The molecule has 0 atom stereocenters. The van der Waals surface area contributed by atoms with E-state index < -0.39 is 0 Å². The molecule has 0 aromatic carbocycles. The molecule has 1 N–H and O–H groups in total. The number of hydrogen-bond donors (Lipinski definition) is 1. The fourth-order valence-electron chi connectivity index (χ4n) is 3.43. The maximum atomic E-state index is 5.14. The van der Waals surface area contributed by atoms with E-state index in [9.17, 15) is 0 Å². The van der Waals surface area contributed by atoms with E-state index in [4.69, 9.17) is 4.74 Å². The Balaban J connectivity index is 2.36. The predicted octanol–water partition coefficient (Wildman–Crippen LogP) is 4.34. The monoisotopic (exact) mass is 301 g/mol. The number of unbranched alkanes of at least 4 members (excludes halogenated alkanes) is 1. The van der Waals surface area contributed by atoms with Gasteiger partial charge in [0.2, 0.25) is 0 Å². The second-order valence-corrected chi connectivity index (χ2v) is 7.48. The van der Waals surface area contributed by atoms with Crippen LogP contribution in [0.5, 0.6) is 0 Å². The number of nitrogens with one attached hydrogen (secondary N) is 1. The zero-order valence-corrected chi connectivity index (χ0v) is 14.7. The van der Waals surface area contributed by atoms with E-state index in [1.54, 1.807) is 7.11 Å². The van der Waals surface area contributed by atoms with Crippen molar-refractivity contribution in [1.29, 1.82) is 0 Å². The first-order chi connectivity index (χ1) is 9.76. The third-order valence-corrected chi connectivity index (χ3v) is 5.56. The van der Waals surface area contributed by atoms with Gasteiger partial charge in [0, 0.05) is 20.2 Å². The third-order valence-electron chi connectivity index (χ3n) is 4.95. The summed E-state index contributed by atoms with van der Waals surface area (Å²) in [5, 5.41) is 3.63. The minimum atomic E-state index is 0.569. The molecule has 0 aromatic heterocycles. The van der Waals surface area contributed by atoms with Crippen LogP contribution < -0.4 is 5.32 Å². The van der Waals surface area contributed by atoms with Crippen LogP contribution in [-0.4, -0.2) is 38.8 Å². The van der Waals surface area contributed by atoms with E-state index in [-0.39, 0.29) is 0 Å². The number of ether oxygens (including phenoxy) is 1. The highest BCUT2D eigenvalue weighted by atomic mass is 32.2. The molecule has 20 heavy (non-hydrogen) atoms. The number of hydrogen-bond acceptors (Lipinski definition) is 3. The van der Waals surface area contributed by atoms with Crippen molar-refractivity contribution in [3.63, 3.8) is 0 Å². The molecule has 0 aromatic rings. The van der Waals surface area contributed by atoms with Crippen molar-refractivity contribution in [2.75, 3.05) is 38.8 Å². The number of methoxy groups -OCH3 is 1. The van der Waals surface area contributed by atoms with Crippen molar-refractivity contribution in [1.82, 2.24) is 5.32 Å². The molecule has 1 fully saturated rings. The number of rotatable bonds is 11. The van der Waals surface area contributed by atoms with Gasteiger partial charge < -0.3 is 10.1 Å². The van der Waals surface area contributed by atoms with E-state index in [2.05, 4.69) is 18.5 Å². The van der Waals surface area contributed by atoms with Gasteiger partial charge in [-0.1, -0.05) is 26.2 Å². The Kier molecular flexibility index (Phi) is 10.0. The highest BCUT2D eigenvalue weighted by molar-refractivity contribution is 7.98. The van der Waals surface area contributed by atoms with Gasteiger partial charge in [-0.2, -0.15) is 11.8 Å². The van der Waals surface area contributed by atoms with Crippen molar-refractivity contribution in [3.8, 4) is 0 Å². The minimum absolute atomic E-state index is 0.569. The van der Waals surface area contributed by atoms with Gasteiger partial charge in [0.15, 0.2) is 0 Å². The van der Waals surface area contributed by atoms with Crippen LogP contribution in [-0.2, 0) is 4.74 Å². The van der Waals surface area contributed by atoms with Crippen molar-refractivity contribution >= 4 is 11.8 Å². The van der Waals surface area contributed by atoms with Gasteiger partial charge >= 0.3 is 0 Å². The first-order valence-electron chi connectivity index (χ1n) is 8.45. The Morgan fingerprint density at radius 2 is 2.05 bits per heavy atom. The SMILES string of the molecule is CCCCC1CCC(CCSC)(CNCCOC)CC1. The lowest BCUT2D eigenvalue weighted by Crippen LogP contribution is -2.39. The molecule has 1 rings (SSSR count). The summed E-state index contributed by atoms with van der Waals surface area (Å²) < 4.78 is 5.14. The zero-order chi connectivity index (χ0) is 14.7. The van der Waals surface area contributed by atoms with Gasteiger partial charge in [-0.05, 0) is 55.4 Å². The summed E-state index contributed by atoms with van der Waals surface area (Å²) in [6.45, 7) is 5.33. The van der Waals surface area contributed by atoms with Crippen LogP contribution in [0.25, 0.3) is 0 Å². The standard InChI is InChI=1S/C17H35NOS/c1-4-5-6-16-7-9-17(10-8-16,11-14-20-3)15-18-12-13-19-2/h16,18H,4-15H2,1-3H3. The lowest BCUT2D eigenvalue weighted by molar-refractivity contribution is 0.128. The Bertz CT molecular complexity index is 227. The predicted molar refractivity (Wildman–Crippen MR) is 91.7 cm³/mol. The van der Waals surface area contributed by atoms with E-state index >= 15 is 0 Å².